The molecule has 1 aromatic heterocycles. The van der Waals surface area contributed by atoms with Gasteiger partial charge in [0.05, 0.1) is 6.04 Å². The van der Waals surface area contributed by atoms with E-state index in [0.717, 1.165) is 5.82 Å². The quantitative estimate of drug-likeness (QED) is 0.868. The number of anilines is 1. The number of rotatable bonds is 5. The Hall–Kier alpha value is -1.76. The van der Waals surface area contributed by atoms with E-state index in [4.69, 9.17) is 10.5 Å². The van der Waals surface area contributed by atoms with Gasteiger partial charge in [-0.1, -0.05) is 0 Å². The standard InChI is InChI=1S/C14H18N4O2.2ClH/c1-10(15)14(19)17-11-3-5-12(6-4-11)20-9-13-16-7-8-18(13)2;;/h3-8,10H,9,15H2,1-2H3,(H,17,19);2*1H/t10-;;/m1../s1. The Morgan fingerprint density at radius 3 is 2.50 bits per heavy atom. The second-order valence-electron chi connectivity index (χ2n) is 4.55. The Balaban J connectivity index is 0.00000220. The first-order valence-electron chi connectivity index (χ1n) is 6.32. The van der Waals surface area contributed by atoms with Crippen LogP contribution in [0.3, 0.4) is 0 Å². The third kappa shape index (κ3) is 5.55. The van der Waals surface area contributed by atoms with Crippen molar-refractivity contribution in [1.29, 1.82) is 0 Å². The molecule has 3 N–H and O–H groups in total. The van der Waals surface area contributed by atoms with Crippen LogP contribution < -0.4 is 15.8 Å². The molecule has 8 heteroatoms. The number of nitrogens with zero attached hydrogens (tertiary/aromatic N) is 2. The third-order valence-electron chi connectivity index (χ3n) is 2.82. The molecule has 22 heavy (non-hydrogen) atoms. The van der Waals surface area contributed by atoms with Gasteiger partial charge < -0.3 is 20.4 Å². The Morgan fingerprint density at radius 2 is 2.00 bits per heavy atom. The molecule has 1 aromatic carbocycles. The Morgan fingerprint density at radius 1 is 1.36 bits per heavy atom. The van der Waals surface area contributed by atoms with Gasteiger partial charge in [-0.2, -0.15) is 0 Å². The fourth-order valence-electron chi connectivity index (χ4n) is 1.57. The predicted octanol–water partition coefficient (Wildman–Crippen LogP) is 2.13. The van der Waals surface area contributed by atoms with Crippen molar-refractivity contribution in [1.82, 2.24) is 9.55 Å². The summed E-state index contributed by atoms with van der Waals surface area (Å²) in [6, 6.07) is 6.59. The lowest BCUT2D eigenvalue weighted by Gasteiger charge is -2.09. The minimum Gasteiger partial charge on any atom is -0.486 e. The number of benzene rings is 1. The highest BCUT2D eigenvalue weighted by Gasteiger charge is 2.07. The molecule has 0 saturated heterocycles. The van der Waals surface area contributed by atoms with Crippen molar-refractivity contribution < 1.29 is 9.53 Å². The molecular weight excluding hydrogens is 327 g/mol. The number of ether oxygens (including phenoxy) is 1. The number of amides is 1. The van der Waals surface area contributed by atoms with Gasteiger partial charge in [-0.05, 0) is 31.2 Å². The second kappa shape index (κ2) is 9.30. The highest BCUT2D eigenvalue weighted by atomic mass is 35.5. The molecule has 0 spiro atoms. The van der Waals surface area contributed by atoms with Crippen LogP contribution in [0.5, 0.6) is 5.75 Å². The Labute approximate surface area is 141 Å². The summed E-state index contributed by atoms with van der Waals surface area (Å²) in [5.41, 5.74) is 6.18. The van der Waals surface area contributed by atoms with Crippen LogP contribution in [-0.4, -0.2) is 21.5 Å². The van der Waals surface area contributed by atoms with Crippen molar-refractivity contribution in [3.63, 3.8) is 0 Å². The predicted molar refractivity (Wildman–Crippen MR) is 90.8 cm³/mol. The lowest BCUT2D eigenvalue weighted by molar-refractivity contribution is -0.117. The van der Waals surface area contributed by atoms with Crippen LogP contribution in [0.1, 0.15) is 12.7 Å². The molecule has 0 aliphatic carbocycles. The third-order valence-corrected chi connectivity index (χ3v) is 2.82. The minimum absolute atomic E-state index is 0. The Bertz CT molecular complexity index is 585. The molecule has 0 unspecified atom stereocenters. The molecule has 2 aromatic rings. The van der Waals surface area contributed by atoms with E-state index in [1.165, 1.54) is 0 Å². The van der Waals surface area contributed by atoms with Gasteiger partial charge in [-0.3, -0.25) is 4.79 Å². The van der Waals surface area contributed by atoms with Crippen LogP contribution in [0.2, 0.25) is 0 Å². The van der Waals surface area contributed by atoms with Crippen LogP contribution in [0.4, 0.5) is 5.69 Å². The highest BCUT2D eigenvalue weighted by Crippen LogP contribution is 2.16. The van der Waals surface area contributed by atoms with Crippen molar-refractivity contribution in [2.45, 2.75) is 19.6 Å². The molecule has 0 aliphatic rings. The van der Waals surface area contributed by atoms with Gasteiger partial charge in [0.1, 0.15) is 18.2 Å². The van der Waals surface area contributed by atoms with Crippen molar-refractivity contribution >= 4 is 36.4 Å². The monoisotopic (exact) mass is 346 g/mol. The van der Waals surface area contributed by atoms with Crippen molar-refractivity contribution in [2.24, 2.45) is 12.8 Å². The maximum absolute atomic E-state index is 11.4. The maximum Gasteiger partial charge on any atom is 0.240 e. The molecule has 0 bridgehead atoms. The number of carbonyl (C=O) groups excluding carboxylic acids is 1. The number of hydrogen-bond donors (Lipinski definition) is 2. The molecule has 1 amide bonds. The average molecular weight is 347 g/mol. The zero-order valence-electron chi connectivity index (χ0n) is 12.4. The first kappa shape index (κ1) is 20.2. The fourth-order valence-corrected chi connectivity index (χ4v) is 1.57. The molecule has 1 atom stereocenters. The van der Waals surface area contributed by atoms with E-state index in [1.54, 1.807) is 37.4 Å². The van der Waals surface area contributed by atoms with E-state index in [2.05, 4.69) is 10.3 Å². The number of nitrogens with one attached hydrogen (secondary N) is 1. The van der Waals surface area contributed by atoms with Crippen LogP contribution in [-0.2, 0) is 18.4 Å². The molecule has 6 nitrogen and oxygen atoms in total. The first-order valence-corrected chi connectivity index (χ1v) is 6.32. The van der Waals surface area contributed by atoms with Gasteiger partial charge in [-0.25, -0.2) is 4.98 Å². The van der Waals surface area contributed by atoms with Crippen molar-refractivity contribution in [2.75, 3.05) is 5.32 Å². The fraction of sp³-hybridized carbons (Fsp3) is 0.286. The van der Waals surface area contributed by atoms with E-state index in [1.807, 2.05) is 17.8 Å². The lowest BCUT2D eigenvalue weighted by atomic mass is 10.2. The summed E-state index contributed by atoms with van der Waals surface area (Å²) in [4.78, 5) is 15.6. The summed E-state index contributed by atoms with van der Waals surface area (Å²) in [7, 11) is 1.91. The zero-order chi connectivity index (χ0) is 14.5. The number of hydrogen-bond acceptors (Lipinski definition) is 4. The Kier molecular flexibility index (Phi) is 8.55. The van der Waals surface area contributed by atoms with E-state index in [9.17, 15) is 4.79 Å². The van der Waals surface area contributed by atoms with Crippen LogP contribution >= 0.6 is 24.8 Å². The van der Waals surface area contributed by atoms with Gasteiger partial charge in [0.2, 0.25) is 5.91 Å². The van der Waals surface area contributed by atoms with Gasteiger partial charge in [0, 0.05) is 25.1 Å². The first-order chi connectivity index (χ1) is 9.56. The van der Waals surface area contributed by atoms with Crippen LogP contribution in [0.15, 0.2) is 36.7 Å². The summed E-state index contributed by atoms with van der Waals surface area (Å²) in [5.74, 6) is 1.35. The summed E-state index contributed by atoms with van der Waals surface area (Å²) in [5, 5.41) is 2.71. The topological polar surface area (TPSA) is 82.2 Å². The van der Waals surface area contributed by atoms with Crippen molar-refractivity contribution in [3.05, 3.63) is 42.5 Å². The van der Waals surface area contributed by atoms with Crippen LogP contribution in [0.25, 0.3) is 0 Å². The molecule has 122 valence electrons. The van der Waals surface area contributed by atoms with Crippen LogP contribution in [0, 0.1) is 0 Å². The molecule has 0 radical (unpaired) electrons. The van der Waals surface area contributed by atoms with E-state index in [-0.39, 0.29) is 30.7 Å². The smallest absolute Gasteiger partial charge is 0.240 e. The average Bonchev–Trinajstić information content (AvgIpc) is 2.83. The summed E-state index contributed by atoms with van der Waals surface area (Å²) in [6.07, 6.45) is 3.59. The van der Waals surface area contributed by atoms with E-state index < -0.39 is 6.04 Å². The molecule has 2 rings (SSSR count). The number of imidazole rings is 1. The largest absolute Gasteiger partial charge is 0.486 e. The number of halogens is 2. The maximum atomic E-state index is 11.4. The molecular formula is C14H20Cl2N4O2. The summed E-state index contributed by atoms with van der Waals surface area (Å²) in [6.45, 7) is 2.04. The van der Waals surface area contributed by atoms with Gasteiger partial charge >= 0.3 is 0 Å². The van der Waals surface area contributed by atoms with Crippen molar-refractivity contribution in [3.8, 4) is 5.75 Å². The number of aryl methyl sites for hydroxylation is 1. The molecule has 0 aliphatic heterocycles. The summed E-state index contributed by atoms with van der Waals surface area (Å²) < 4.78 is 7.52. The molecule has 0 saturated carbocycles. The number of carbonyl (C=O) groups is 1. The SMILES string of the molecule is C[C@@H](N)C(=O)Nc1ccc(OCc2nccn2C)cc1.Cl.Cl. The second-order valence-corrected chi connectivity index (χ2v) is 4.55. The zero-order valence-corrected chi connectivity index (χ0v) is 14.0. The van der Waals surface area contributed by atoms with Gasteiger partial charge in [0.15, 0.2) is 0 Å². The number of nitrogens with two attached hydrogens (primary N) is 1. The van der Waals surface area contributed by atoms with E-state index in [0.29, 0.717) is 18.0 Å². The lowest BCUT2D eigenvalue weighted by Crippen LogP contribution is -2.32. The molecule has 0 fully saturated rings. The number of aromatic nitrogens is 2. The van der Waals surface area contributed by atoms with Gasteiger partial charge in [-0.15, -0.1) is 24.8 Å². The normalized spacial score (nSPS) is 10.9. The highest BCUT2D eigenvalue weighted by molar-refractivity contribution is 5.94. The van der Waals surface area contributed by atoms with Gasteiger partial charge in [0.25, 0.3) is 0 Å². The summed E-state index contributed by atoms with van der Waals surface area (Å²) >= 11 is 0. The minimum atomic E-state index is -0.533. The van der Waals surface area contributed by atoms with E-state index >= 15 is 0 Å². The molecule has 1 heterocycles.